The smallest absolute Gasteiger partial charge is 0.226 e. The summed E-state index contributed by atoms with van der Waals surface area (Å²) in [5.74, 6) is 1.62. The van der Waals surface area contributed by atoms with Gasteiger partial charge in [0.25, 0.3) is 0 Å². The predicted octanol–water partition coefficient (Wildman–Crippen LogP) is 3.58. The number of aryl methyl sites for hydroxylation is 1. The van der Waals surface area contributed by atoms with Gasteiger partial charge >= 0.3 is 0 Å². The van der Waals surface area contributed by atoms with Gasteiger partial charge in [0.05, 0.1) is 18.5 Å². The molecular weight excluding hydrogens is 264 g/mol. The van der Waals surface area contributed by atoms with E-state index in [1.807, 2.05) is 24.3 Å². The number of hydrogen-bond acceptors (Lipinski definition) is 4. The molecule has 0 fully saturated rings. The zero-order chi connectivity index (χ0) is 14.5. The Morgan fingerprint density at radius 1 is 1.10 bits per heavy atom. The zero-order valence-corrected chi connectivity index (χ0v) is 12.0. The minimum absolute atomic E-state index is 0.677. The standard InChI is InChI=1S/C17H18N2O2/c1-13-4-6-14(7-5-13)17-19-15(12-21-17)8-9-18-11-16-3-2-10-20-16/h2-7,10,12,18H,8-9,11H2,1H3. The Labute approximate surface area is 123 Å². The van der Waals surface area contributed by atoms with Gasteiger partial charge in [-0.05, 0) is 31.2 Å². The lowest BCUT2D eigenvalue weighted by Gasteiger charge is -1.99. The lowest BCUT2D eigenvalue weighted by Crippen LogP contribution is -2.16. The first-order valence-electron chi connectivity index (χ1n) is 7.06. The number of aromatic nitrogens is 1. The van der Waals surface area contributed by atoms with Crippen LogP contribution in [0.5, 0.6) is 0 Å². The van der Waals surface area contributed by atoms with Crippen LogP contribution in [0.4, 0.5) is 0 Å². The van der Waals surface area contributed by atoms with Crippen molar-refractivity contribution in [3.63, 3.8) is 0 Å². The van der Waals surface area contributed by atoms with Crippen molar-refractivity contribution in [3.8, 4) is 11.5 Å². The normalized spacial score (nSPS) is 10.9. The molecule has 0 unspecified atom stereocenters. The number of nitrogens with one attached hydrogen (secondary N) is 1. The molecule has 0 bridgehead atoms. The van der Waals surface area contributed by atoms with Crippen molar-refractivity contribution in [1.82, 2.24) is 10.3 Å². The van der Waals surface area contributed by atoms with E-state index in [1.165, 1.54) is 5.56 Å². The van der Waals surface area contributed by atoms with E-state index in [4.69, 9.17) is 8.83 Å². The number of oxazole rings is 1. The highest BCUT2D eigenvalue weighted by atomic mass is 16.3. The van der Waals surface area contributed by atoms with Crippen LogP contribution >= 0.6 is 0 Å². The zero-order valence-electron chi connectivity index (χ0n) is 12.0. The van der Waals surface area contributed by atoms with E-state index < -0.39 is 0 Å². The summed E-state index contributed by atoms with van der Waals surface area (Å²) in [5, 5.41) is 3.32. The molecule has 21 heavy (non-hydrogen) atoms. The maximum absolute atomic E-state index is 5.54. The summed E-state index contributed by atoms with van der Waals surface area (Å²) < 4.78 is 10.8. The molecule has 1 aromatic carbocycles. The fourth-order valence-electron chi connectivity index (χ4n) is 2.09. The molecule has 1 N–H and O–H groups in total. The summed E-state index contributed by atoms with van der Waals surface area (Å²) in [7, 11) is 0. The van der Waals surface area contributed by atoms with Gasteiger partial charge in [0, 0.05) is 18.5 Å². The molecular formula is C17H18N2O2. The third-order valence-corrected chi connectivity index (χ3v) is 3.29. The Bertz CT molecular complexity index is 669. The van der Waals surface area contributed by atoms with E-state index in [1.54, 1.807) is 12.5 Å². The minimum Gasteiger partial charge on any atom is -0.468 e. The Kier molecular flexibility index (Phi) is 4.17. The summed E-state index contributed by atoms with van der Waals surface area (Å²) in [4.78, 5) is 4.51. The molecule has 0 aliphatic carbocycles. The molecule has 3 aromatic rings. The molecule has 0 aliphatic heterocycles. The van der Waals surface area contributed by atoms with Crippen molar-refractivity contribution in [2.45, 2.75) is 19.9 Å². The van der Waals surface area contributed by atoms with Crippen molar-refractivity contribution in [2.75, 3.05) is 6.54 Å². The third-order valence-electron chi connectivity index (χ3n) is 3.29. The van der Waals surface area contributed by atoms with Gasteiger partial charge in [-0.1, -0.05) is 17.7 Å². The second kappa shape index (κ2) is 6.41. The van der Waals surface area contributed by atoms with Gasteiger partial charge in [-0.3, -0.25) is 0 Å². The number of furan rings is 1. The molecule has 0 aliphatic rings. The van der Waals surface area contributed by atoms with E-state index in [0.717, 1.165) is 36.5 Å². The summed E-state index contributed by atoms with van der Waals surface area (Å²) in [6, 6.07) is 12.0. The van der Waals surface area contributed by atoms with E-state index in [2.05, 4.69) is 29.4 Å². The summed E-state index contributed by atoms with van der Waals surface area (Å²) in [5.41, 5.74) is 3.19. The average molecular weight is 282 g/mol. The lowest BCUT2D eigenvalue weighted by atomic mass is 10.1. The van der Waals surface area contributed by atoms with Gasteiger partial charge in [-0.15, -0.1) is 0 Å². The van der Waals surface area contributed by atoms with E-state index in [-0.39, 0.29) is 0 Å². The van der Waals surface area contributed by atoms with Gasteiger partial charge in [0.2, 0.25) is 5.89 Å². The van der Waals surface area contributed by atoms with Crippen molar-refractivity contribution >= 4 is 0 Å². The topological polar surface area (TPSA) is 51.2 Å². The van der Waals surface area contributed by atoms with Crippen molar-refractivity contribution in [3.05, 3.63) is 65.9 Å². The molecule has 4 heteroatoms. The highest BCUT2D eigenvalue weighted by Crippen LogP contribution is 2.19. The van der Waals surface area contributed by atoms with E-state index in [0.29, 0.717) is 5.89 Å². The fourth-order valence-corrected chi connectivity index (χ4v) is 2.09. The summed E-state index contributed by atoms with van der Waals surface area (Å²) >= 11 is 0. The van der Waals surface area contributed by atoms with E-state index in [9.17, 15) is 0 Å². The van der Waals surface area contributed by atoms with Crippen LogP contribution < -0.4 is 5.32 Å². The van der Waals surface area contributed by atoms with Crippen LogP contribution in [-0.2, 0) is 13.0 Å². The van der Waals surface area contributed by atoms with Gasteiger partial charge < -0.3 is 14.2 Å². The molecule has 2 aromatic heterocycles. The number of rotatable bonds is 6. The first-order valence-corrected chi connectivity index (χ1v) is 7.06. The van der Waals surface area contributed by atoms with Crippen LogP contribution in [0.1, 0.15) is 17.0 Å². The van der Waals surface area contributed by atoms with Crippen molar-refractivity contribution in [2.24, 2.45) is 0 Å². The molecule has 0 saturated carbocycles. The minimum atomic E-state index is 0.677. The highest BCUT2D eigenvalue weighted by Gasteiger charge is 2.06. The van der Waals surface area contributed by atoms with Crippen LogP contribution in [0.15, 0.2) is 57.8 Å². The van der Waals surface area contributed by atoms with Crippen LogP contribution in [0.25, 0.3) is 11.5 Å². The molecule has 0 radical (unpaired) electrons. The van der Waals surface area contributed by atoms with Gasteiger partial charge in [-0.2, -0.15) is 0 Å². The first-order chi connectivity index (χ1) is 10.3. The van der Waals surface area contributed by atoms with Gasteiger partial charge in [0.1, 0.15) is 12.0 Å². The van der Waals surface area contributed by atoms with Crippen LogP contribution in [-0.4, -0.2) is 11.5 Å². The predicted molar refractivity (Wildman–Crippen MR) is 80.8 cm³/mol. The van der Waals surface area contributed by atoms with E-state index >= 15 is 0 Å². The Morgan fingerprint density at radius 3 is 2.71 bits per heavy atom. The lowest BCUT2D eigenvalue weighted by molar-refractivity contribution is 0.483. The van der Waals surface area contributed by atoms with Gasteiger partial charge in [-0.25, -0.2) is 4.98 Å². The third kappa shape index (κ3) is 3.61. The second-order valence-electron chi connectivity index (χ2n) is 5.02. The SMILES string of the molecule is Cc1ccc(-c2nc(CCNCc3ccco3)co2)cc1. The number of hydrogen-bond donors (Lipinski definition) is 1. The van der Waals surface area contributed by atoms with Crippen molar-refractivity contribution in [1.29, 1.82) is 0 Å². The molecule has 0 amide bonds. The molecule has 3 rings (SSSR count). The average Bonchev–Trinajstić information content (AvgIpc) is 3.16. The Morgan fingerprint density at radius 2 is 1.95 bits per heavy atom. The maximum Gasteiger partial charge on any atom is 0.226 e. The monoisotopic (exact) mass is 282 g/mol. The Balaban J connectivity index is 1.52. The van der Waals surface area contributed by atoms with Crippen LogP contribution in [0.3, 0.4) is 0 Å². The second-order valence-corrected chi connectivity index (χ2v) is 5.02. The molecule has 108 valence electrons. The van der Waals surface area contributed by atoms with Crippen LogP contribution in [0.2, 0.25) is 0 Å². The quantitative estimate of drug-likeness (QED) is 0.702. The molecule has 0 spiro atoms. The van der Waals surface area contributed by atoms with Crippen LogP contribution in [0, 0.1) is 6.92 Å². The molecule has 4 nitrogen and oxygen atoms in total. The molecule has 0 saturated heterocycles. The van der Waals surface area contributed by atoms with Crippen molar-refractivity contribution < 1.29 is 8.83 Å². The number of nitrogens with zero attached hydrogens (tertiary/aromatic N) is 1. The molecule has 2 heterocycles. The Hall–Kier alpha value is -2.33. The van der Waals surface area contributed by atoms with Gasteiger partial charge in [0.15, 0.2) is 0 Å². The molecule has 0 atom stereocenters. The maximum atomic E-state index is 5.54. The first kappa shape index (κ1) is 13.6. The number of benzene rings is 1. The summed E-state index contributed by atoms with van der Waals surface area (Å²) in [6.45, 7) is 3.63. The fraction of sp³-hybridized carbons (Fsp3) is 0.235. The summed E-state index contributed by atoms with van der Waals surface area (Å²) in [6.07, 6.45) is 4.24. The largest absolute Gasteiger partial charge is 0.468 e. The highest BCUT2D eigenvalue weighted by molar-refractivity contribution is 5.53.